The predicted molar refractivity (Wildman–Crippen MR) is 117 cm³/mol. The number of aliphatic hydroxyl groups excluding tert-OH is 1. The molecule has 2 atom stereocenters. The number of aliphatic hydroxyl groups is 1. The van der Waals surface area contributed by atoms with Crippen LogP contribution >= 0.6 is 24.0 Å². The van der Waals surface area contributed by atoms with Crippen LogP contribution in [-0.2, 0) is 6.54 Å². The zero-order valence-electron chi connectivity index (χ0n) is 15.5. The van der Waals surface area contributed by atoms with Gasteiger partial charge in [-0.2, -0.15) is 5.10 Å². The number of guanidine groups is 1. The van der Waals surface area contributed by atoms with E-state index in [1.165, 1.54) is 0 Å². The Morgan fingerprint density at radius 1 is 1.23 bits per heavy atom. The summed E-state index contributed by atoms with van der Waals surface area (Å²) in [6, 6.07) is 12.0. The van der Waals surface area contributed by atoms with Crippen LogP contribution < -0.4 is 10.6 Å². The summed E-state index contributed by atoms with van der Waals surface area (Å²) in [5.74, 6) is 1.22. The first-order valence-electron chi connectivity index (χ1n) is 8.88. The second-order valence-corrected chi connectivity index (χ2v) is 6.22. The molecule has 0 aliphatic rings. The summed E-state index contributed by atoms with van der Waals surface area (Å²) in [6.45, 7) is 7.31. The molecule has 1 aromatic carbocycles. The summed E-state index contributed by atoms with van der Waals surface area (Å²) in [4.78, 5) is 4.67. The van der Waals surface area contributed by atoms with Crippen LogP contribution in [0.25, 0.3) is 0 Å². The molecule has 1 aromatic heterocycles. The monoisotopic (exact) mass is 471 g/mol. The maximum absolute atomic E-state index is 9.67. The summed E-state index contributed by atoms with van der Waals surface area (Å²) < 4.78 is 1.93. The van der Waals surface area contributed by atoms with Gasteiger partial charge >= 0.3 is 0 Å². The molecular formula is C19H30IN5O. The standard InChI is InChI=1S/C19H29N5O.HI/c1-3-20-19(21-12-16(2)14-24-11-7-10-23-24)22-13-18(15-25)17-8-5-4-6-9-17;/h4-11,16,18,25H,3,12-15H2,1-2H3,(H2,20,21,22);1H. The van der Waals surface area contributed by atoms with E-state index < -0.39 is 0 Å². The summed E-state index contributed by atoms with van der Waals surface area (Å²) in [6.07, 6.45) is 3.76. The fourth-order valence-electron chi connectivity index (χ4n) is 2.61. The fourth-order valence-corrected chi connectivity index (χ4v) is 2.61. The van der Waals surface area contributed by atoms with Crippen molar-refractivity contribution < 1.29 is 5.11 Å². The maximum Gasteiger partial charge on any atom is 0.191 e. The number of hydrogen-bond acceptors (Lipinski definition) is 3. The van der Waals surface area contributed by atoms with Gasteiger partial charge in [-0.05, 0) is 24.5 Å². The SMILES string of the molecule is CCNC(=NCC(C)Cn1cccn1)NCC(CO)c1ccccc1.I. The predicted octanol–water partition coefficient (Wildman–Crippen LogP) is 2.47. The van der Waals surface area contributed by atoms with Crippen molar-refractivity contribution in [3.8, 4) is 0 Å². The van der Waals surface area contributed by atoms with Crippen LogP contribution in [0, 0.1) is 5.92 Å². The van der Waals surface area contributed by atoms with E-state index in [1.54, 1.807) is 6.20 Å². The Morgan fingerprint density at radius 2 is 2.00 bits per heavy atom. The van der Waals surface area contributed by atoms with Gasteiger partial charge in [0.15, 0.2) is 5.96 Å². The molecule has 144 valence electrons. The highest BCUT2D eigenvalue weighted by atomic mass is 127. The molecule has 3 N–H and O–H groups in total. The zero-order valence-corrected chi connectivity index (χ0v) is 17.8. The average Bonchev–Trinajstić information content (AvgIpc) is 3.14. The first kappa shape index (κ1) is 22.4. The Bertz CT molecular complexity index is 618. The molecule has 6 nitrogen and oxygen atoms in total. The van der Waals surface area contributed by atoms with Gasteiger partial charge in [0.05, 0.1) is 6.61 Å². The molecule has 7 heteroatoms. The normalized spacial score (nSPS) is 13.6. The number of aliphatic imine (C=N–C) groups is 1. The molecule has 0 saturated carbocycles. The van der Waals surface area contributed by atoms with Crippen molar-refractivity contribution >= 4 is 29.9 Å². The summed E-state index contributed by atoms with van der Waals surface area (Å²) in [5, 5.41) is 20.5. The molecule has 0 saturated heterocycles. The summed E-state index contributed by atoms with van der Waals surface area (Å²) >= 11 is 0. The van der Waals surface area contributed by atoms with Gasteiger partial charge in [0.25, 0.3) is 0 Å². The van der Waals surface area contributed by atoms with Crippen LogP contribution in [0.15, 0.2) is 53.8 Å². The lowest BCUT2D eigenvalue weighted by Crippen LogP contribution is -2.40. The third-order valence-electron chi connectivity index (χ3n) is 3.97. The van der Waals surface area contributed by atoms with Gasteiger partial charge in [0.2, 0.25) is 0 Å². The number of hydrogen-bond donors (Lipinski definition) is 3. The van der Waals surface area contributed by atoms with Crippen molar-refractivity contribution in [2.45, 2.75) is 26.3 Å². The van der Waals surface area contributed by atoms with Crippen LogP contribution in [0.5, 0.6) is 0 Å². The van der Waals surface area contributed by atoms with Crippen molar-refractivity contribution in [1.82, 2.24) is 20.4 Å². The largest absolute Gasteiger partial charge is 0.396 e. The molecule has 0 amide bonds. The number of nitrogens with one attached hydrogen (secondary N) is 2. The molecule has 2 aromatic rings. The highest BCUT2D eigenvalue weighted by molar-refractivity contribution is 14.0. The molecule has 2 rings (SSSR count). The minimum absolute atomic E-state index is 0. The Balaban J connectivity index is 0.00000338. The topological polar surface area (TPSA) is 74.5 Å². The lowest BCUT2D eigenvalue weighted by molar-refractivity contribution is 0.265. The van der Waals surface area contributed by atoms with E-state index >= 15 is 0 Å². The number of halogens is 1. The van der Waals surface area contributed by atoms with Crippen LogP contribution in [0.1, 0.15) is 25.3 Å². The van der Waals surface area contributed by atoms with Crippen molar-refractivity contribution in [2.75, 3.05) is 26.2 Å². The molecule has 1 heterocycles. The Morgan fingerprint density at radius 3 is 2.62 bits per heavy atom. The van der Waals surface area contributed by atoms with Gasteiger partial charge in [0.1, 0.15) is 0 Å². The first-order valence-corrected chi connectivity index (χ1v) is 8.88. The maximum atomic E-state index is 9.67. The van der Waals surface area contributed by atoms with Crippen LogP contribution in [-0.4, -0.2) is 47.1 Å². The Labute approximate surface area is 173 Å². The molecule has 0 aliphatic carbocycles. The number of benzene rings is 1. The molecule has 0 aliphatic heterocycles. The summed E-state index contributed by atoms with van der Waals surface area (Å²) in [7, 11) is 0. The molecule has 2 unspecified atom stereocenters. The van der Waals surface area contributed by atoms with E-state index in [0.717, 1.165) is 24.6 Å². The number of nitrogens with zero attached hydrogens (tertiary/aromatic N) is 3. The molecule has 0 fully saturated rings. The van der Waals surface area contributed by atoms with Crippen molar-refractivity contribution in [1.29, 1.82) is 0 Å². The van der Waals surface area contributed by atoms with Crippen molar-refractivity contribution in [2.24, 2.45) is 10.9 Å². The molecule has 0 spiro atoms. The number of aromatic nitrogens is 2. The van der Waals surface area contributed by atoms with Gasteiger partial charge in [-0.25, -0.2) is 0 Å². The van der Waals surface area contributed by atoms with Gasteiger partial charge in [-0.1, -0.05) is 37.3 Å². The molecule has 0 radical (unpaired) electrons. The molecule has 0 bridgehead atoms. The minimum atomic E-state index is 0. The second kappa shape index (κ2) is 12.7. The van der Waals surface area contributed by atoms with Gasteiger partial charge in [0, 0.05) is 44.5 Å². The average molecular weight is 471 g/mol. The van der Waals surface area contributed by atoms with Gasteiger partial charge in [-0.15, -0.1) is 24.0 Å². The zero-order chi connectivity index (χ0) is 17.9. The van der Waals surface area contributed by atoms with E-state index in [9.17, 15) is 5.11 Å². The summed E-state index contributed by atoms with van der Waals surface area (Å²) in [5.41, 5.74) is 1.13. The van der Waals surface area contributed by atoms with Gasteiger partial charge < -0.3 is 15.7 Å². The van der Waals surface area contributed by atoms with Crippen LogP contribution in [0.2, 0.25) is 0 Å². The van der Waals surface area contributed by atoms with Crippen LogP contribution in [0.4, 0.5) is 0 Å². The smallest absolute Gasteiger partial charge is 0.191 e. The lowest BCUT2D eigenvalue weighted by atomic mass is 10.0. The van der Waals surface area contributed by atoms with E-state index in [2.05, 4.69) is 27.6 Å². The van der Waals surface area contributed by atoms with Crippen molar-refractivity contribution in [3.05, 3.63) is 54.4 Å². The van der Waals surface area contributed by atoms with E-state index in [0.29, 0.717) is 19.0 Å². The second-order valence-electron chi connectivity index (χ2n) is 6.22. The van der Waals surface area contributed by atoms with Crippen molar-refractivity contribution in [3.63, 3.8) is 0 Å². The first-order chi connectivity index (χ1) is 12.2. The molecular weight excluding hydrogens is 441 g/mol. The third-order valence-corrected chi connectivity index (χ3v) is 3.97. The van der Waals surface area contributed by atoms with E-state index in [4.69, 9.17) is 0 Å². The molecule has 26 heavy (non-hydrogen) atoms. The third kappa shape index (κ3) is 7.74. The number of rotatable bonds is 9. The quantitative estimate of drug-likeness (QED) is 0.299. The fraction of sp³-hybridized carbons (Fsp3) is 0.474. The lowest BCUT2D eigenvalue weighted by Gasteiger charge is -2.18. The van der Waals surface area contributed by atoms with Gasteiger partial charge in [-0.3, -0.25) is 9.67 Å². The Kier molecular flexibility index (Phi) is 11.0. The van der Waals surface area contributed by atoms with Crippen LogP contribution in [0.3, 0.4) is 0 Å². The highest BCUT2D eigenvalue weighted by Crippen LogP contribution is 2.13. The van der Waals surface area contributed by atoms with E-state index in [1.807, 2.05) is 54.2 Å². The van der Waals surface area contributed by atoms with E-state index in [-0.39, 0.29) is 36.5 Å². The Hall–Kier alpha value is -1.61. The highest BCUT2D eigenvalue weighted by Gasteiger charge is 2.11. The minimum Gasteiger partial charge on any atom is -0.396 e.